The van der Waals surface area contributed by atoms with E-state index in [4.69, 9.17) is 10.5 Å². The van der Waals surface area contributed by atoms with Gasteiger partial charge in [0.15, 0.2) is 0 Å². The number of benzene rings is 1. The molecule has 0 aliphatic heterocycles. The van der Waals surface area contributed by atoms with E-state index in [1.807, 2.05) is 36.4 Å². The molecule has 88 valence electrons. The Bertz CT molecular complexity index is 675. The monoisotopic (exact) mass is 235 g/mol. The lowest BCUT2D eigenvalue weighted by atomic mass is 10.1. The van der Waals surface area contributed by atoms with Gasteiger partial charge in [0.1, 0.15) is 17.7 Å². The van der Waals surface area contributed by atoms with Gasteiger partial charge in [-0.1, -0.05) is 6.07 Å². The lowest BCUT2D eigenvalue weighted by Gasteiger charge is -2.09. The first-order chi connectivity index (χ1) is 8.65. The lowest BCUT2D eigenvalue weighted by molar-refractivity contribution is 0.623. The maximum absolute atomic E-state index is 8.73. The SMILES string of the molecule is CC(C)n1ccc2cc(C=C(C#N)C#N)ccc21. The van der Waals surface area contributed by atoms with Crippen LogP contribution in [-0.2, 0) is 0 Å². The molecule has 0 bridgehead atoms. The summed E-state index contributed by atoms with van der Waals surface area (Å²) in [6, 6.07) is 12.1. The van der Waals surface area contributed by atoms with Gasteiger partial charge in [0, 0.05) is 23.1 Å². The Morgan fingerprint density at radius 1 is 1.22 bits per heavy atom. The molecule has 2 aromatic rings. The first-order valence-corrected chi connectivity index (χ1v) is 5.78. The molecule has 0 aliphatic carbocycles. The van der Waals surface area contributed by atoms with Crippen molar-refractivity contribution in [2.45, 2.75) is 19.9 Å². The summed E-state index contributed by atoms with van der Waals surface area (Å²) in [6.45, 7) is 4.27. The summed E-state index contributed by atoms with van der Waals surface area (Å²) in [5.74, 6) is 0. The average molecular weight is 235 g/mol. The van der Waals surface area contributed by atoms with Crippen molar-refractivity contribution in [2.75, 3.05) is 0 Å². The van der Waals surface area contributed by atoms with Gasteiger partial charge in [-0.05, 0) is 43.7 Å². The number of rotatable bonds is 2. The van der Waals surface area contributed by atoms with Crippen LogP contribution in [-0.4, -0.2) is 4.57 Å². The van der Waals surface area contributed by atoms with Gasteiger partial charge in [0.05, 0.1) is 0 Å². The summed E-state index contributed by atoms with van der Waals surface area (Å²) in [6.07, 6.45) is 3.66. The molecule has 0 atom stereocenters. The van der Waals surface area contributed by atoms with Crippen LogP contribution in [0.4, 0.5) is 0 Å². The van der Waals surface area contributed by atoms with Gasteiger partial charge >= 0.3 is 0 Å². The standard InChI is InChI=1S/C15H13N3/c1-11(2)18-6-5-14-8-12(3-4-15(14)18)7-13(9-16)10-17/h3-8,11H,1-2H3. The molecule has 0 amide bonds. The molecule has 0 spiro atoms. The van der Waals surface area contributed by atoms with Crippen LogP contribution in [0.2, 0.25) is 0 Å². The van der Waals surface area contributed by atoms with Crippen molar-refractivity contribution in [2.24, 2.45) is 0 Å². The first-order valence-electron chi connectivity index (χ1n) is 5.78. The number of aromatic nitrogens is 1. The van der Waals surface area contributed by atoms with Crippen LogP contribution < -0.4 is 0 Å². The number of hydrogen-bond acceptors (Lipinski definition) is 2. The fourth-order valence-electron chi connectivity index (χ4n) is 1.98. The van der Waals surface area contributed by atoms with Crippen LogP contribution in [0.25, 0.3) is 17.0 Å². The number of allylic oxidation sites excluding steroid dienone is 1. The maximum Gasteiger partial charge on any atom is 0.130 e. The maximum atomic E-state index is 8.73. The minimum absolute atomic E-state index is 0.123. The van der Waals surface area contributed by atoms with Crippen LogP contribution in [0.5, 0.6) is 0 Å². The molecule has 3 heteroatoms. The average Bonchev–Trinajstić information content (AvgIpc) is 2.78. The van der Waals surface area contributed by atoms with E-state index in [9.17, 15) is 0 Å². The molecule has 3 nitrogen and oxygen atoms in total. The third-order valence-corrected chi connectivity index (χ3v) is 2.85. The molecule has 1 heterocycles. The van der Waals surface area contributed by atoms with E-state index in [0.717, 1.165) is 16.5 Å². The van der Waals surface area contributed by atoms with Gasteiger partial charge in [0.25, 0.3) is 0 Å². The van der Waals surface area contributed by atoms with Crippen molar-refractivity contribution in [1.29, 1.82) is 10.5 Å². The molecular weight excluding hydrogens is 222 g/mol. The van der Waals surface area contributed by atoms with Crippen LogP contribution in [0.15, 0.2) is 36.0 Å². The Kier molecular flexibility index (Phi) is 3.17. The molecule has 1 aromatic carbocycles. The number of hydrogen-bond donors (Lipinski definition) is 0. The second-order valence-corrected chi connectivity index (χ2v) is 4.42. The molecule has 1 aromatic heterocycles. The second-order valence-electron chi connectivity index (χ2n) is 4.42. The number of nitriles is 2. The van der Waals surface area contributed by atoms with Gasteiger partial charge in [-0.2, -0.15) is 10.5 Å². The van der Waals surface area contributed by atoms with Crippen LogP contribution >= 0.6 is 0 Å². The summed E-state index contributed by atoms with van der Waals surface area (Å²) >= 11 is 0. The Balaban J connectivity index is 2.51. The predicted octanol–water partition coefficient (Wildman–Crippen LogP) is 3.65. The molecule has 0 aliphatic rings. The van der Waals surface area contributed by atoms with E-state index in [1.54, 1.807) is 6.08 Å². The van der Waals surface area contributed by atoms with Gasteiger partial charge in [-0.25, -0.2) is 0 Å². The van der Waals surface area contributed by atoms with Crippen LogP contribution in [0, 0.1) is 22.7 Å². The number of fused-ring (bicyclic) bond motifs is 1. The van der Waals surface area contributed by atoms with Crippen molar-refractivity contribution in [3.8, 4) is 12.1 Å². The zero-order valence-electron chi connectivity index (χ0n) is 10.4. The zero-order valence-corrected chi connectivity index (χ0v) is 10.4. The fourth-order valence-corrected chi connectivity index (χ4v) is 1.98. The van der Waals surface area contributed by atoms with Crippen molar-refractivity contribution in [1.82, 2.24) is 4.57 Å². The zero-order chi connectivity index (χ0) is 13.1. The van der Waals surface area contributed by atoms with Crippen molar-refractivity contribution in [3.05, 3.63) is 41.6 Å². The lowest BCUT2D eigenvalue weighted by Crippen LogP contribution is -1.97. The minimum Gasteiger partial charge on any atom is -0.345 e. The molecular formula is C15H13N3. The van der Waals surface area contributed by atoms with Crippen molar-refractivity contribution < 1.29 is 0 Å². The Morgan fingerprint density at radius 2 is 1.94 bits per heavy atom. The van der Waals surface area contributed by atoms with Gasteiger partial charge < -0.3 is 4.57 Å². The fraction of sp³-hybridized carbons (Fsp3) is 0.200. The summed E-state index contributed by atoms with van der Waals surface area (Å²) in [5, 5.41) is 18.6. The second kappa shape index (κ2) is 4.77. The largest absolute Gasteiger partial charge is 0.345 e. The molecule has 0 radical (unpaired) electrons. The Morgan fingerprint density at radius 3 is 2.56 bits per heavy atom. The van der Waals surface area contributed by atoms with E-state index in [-0.39, 0.29) is 5.57 Å². The first kappa shape index (κ1) is 12.0. The highest BCUT2D eigenvalue weighted by Crippen LogP contribution is 2.22. The summed E-state index contributed by atoms with van der Waals surface area (Å²) in [5.41, 5.74) is 2.16. The van der Waals surface area contributed by atoms with E-state index in [1.165, 1.54) is 0 Å². The third-order valence-electron chi connectivity index (χ3n) is 2.85. The normalized spacial score (nSPS) is 10.1. The number of nitrogens with zero attached hydrogens (tertiary/aromatic N) is 3. The van der Waals surface area contributed by atoms with Crippen LogP contribution in [0.3, 0.4) is 0 Å². The highest BCUT2D eigenvalue weighted by Gasteiger charge is 2.04. The molecule has 2 rings (SSSR count). The smallest absolute Gasteiger partial charge is 0.130 e. The topological polar surface area (TPSA) is 52.5 Å². The Labute approximate surface area is 106 Å². The van der Waals surface area contributed by atoms with E-state index >= 15 is 0 Å². The van der Waals surface area contributed by atoms with Crippen molar-refractivity contribution >= 4 is 17.0 Å². The van der Waals surface area contributed by atoms with E-state index < -0.39 is 0 Å². The highest BCUT2D eigenvalue weighted by molar-refractivity contribution is 5.83. The van der Waals surface area contributed by atoms with Gasteiger partial charge in [-0.15, -0.1) is 0 Å². The summed E-state index contributed by atoms with van der Waals surface area (Å²) in [4.78, 5) is 0. The van der Waals surface area contributed by atoms with Crippen molar-refractivity contribution in [3.63, 3.8) is 0 Å². The third kappa shape index (κ3) is 2.12. The molecule has 0 saturated heterocycles. The summed E-state index contributed by atoms with van der Waals surface area (Å²) < 4.78 is 2.19. The molecule has 0 unspecified atom stereocenters. The van der Waals surface area contributed by atoms with E-state index in [2.05, 4.69) is 24.6 Å². The molecule has 18 heavy (non-hydrogen) atoms. The van der Waals surface area contributed by atoms with Gasteiger partial charge in [0.2, 0.25) is 0 Å². The molecule has 0 saturated carbocycles. The molecule has 0 fully saturated rings. The highest BCUT2D eigenvalue weighted by atomic mass is 15.0. The van der Waals surface area contributed by atoms with Gasteiger partial charge in [-0.3, -0.25) is 0 Å². The van der Waals surface area contributed by atoms with Crippen LogP contribution in [0.1, 0.15) is 25.5 Å². The Hall–Kier alpha value is -2.52. The minimum atomic E-state index is 0.123. The quantitative estimate of drug-likeness (QED) is 0.746. The summed E-state index contributed by atoms with van der Waals surface area (Å²) in [7, 11) is 0. The molecule has 0 N–H and O–H groups in total. The van der Waals surface area contributed by atoms with E-state index in [0.29, 0.717) is 6.04 Å². The predicted molar refractivity (Wildman–Crippen MR) is 71.5 cm³/mol.